The van der Waals surface area contributed by atoms with Crippen molar-refractivity contribution in [2.75, 3.05) is 45.8 Å². The average molecular weight is 365 g/mol. The number of hydrogen-bond donors (Lipinski definition) is 3. The lowest BCUT2D eigenvalue weighted by Gasteiger charge is -2.34. The van der Waals surface area contributed by atoms with E-state index in [1.54, 1.807) is 0 Å². The molecule has 2 heterocycles. The van der Waals surface area contributed by atoms with Crippen LogP contribution < -0.4 is 16.0 Å². The van der Waals surface area contributed by atoms with Crippen LogP contribution in [0.25, 0.3) is 0 Å². The van der Waals surface area contributed by atoms with Crippen molar-refractivity contribution in [1.82, 2.24) is 25.8 Å². The Morgan fingerprint density at radius 2 is 1.92 bits per heavy atom. The Labute approximate surface area is 155 Å². The summed E-state index contributed by atoms with van der Waals surface area (Å²) in [7, 11) is 0. The smallest absolute Gasteiger partial charge is 0.325 e. The van der Waals surface area contributed by atoms with E-state index in [0.29, 0.717) is 25.3 Å². The second-order valence-electron chi connectivity index (χ2n) is 7.70. The van der Waals surface area contributed by atoms with Crippen LogP contribution in [0.4, 0.5) is 4.79 Å². The van der Waals surface area contributed by atoms with E-state index in [1.165, 1.54) is 0 Å². The first kappa shape index (κ1) is 19.1. The van der Waals surface area contributed by atoms with Gasteiger partial charge in [0.1, 0.15) is 12.1 Å². The molecule has 26 heavy (non-hydrogen) atoms. The third-order valence-corrected chi connectivity index (χ3v) is 6.04. The van der Waals surface area contributed by atoms with Crippen LogP contribution in [0.5, 0.6) is 0 Å². The Kier molecular flexibility index (Phi) is 6.13. The van der Waals surface area contributed by atoms with Crippen molar-refractivity contribution in [3.8, 4) is 0 Å². The van der Waals surface area contributed by atoms with Gasteiger partial charge in [-0.1, -0.05) is 13.3 Å². The fourth-order valence-corrected chi connectivity index (χ4v) is 4.23. The molecular formula is C18H31N5O3. The van der Waals surface area contributed by atoms with Gasteiger partial charge in [-0.2, -0.15) is 0 Å². The zero-order chi connectivity index (χ0) is 18.6. The lowest BCUT2D eigenvalue weighted by molar-refractivity contribution is -0.136. The molecule has 0 aromatic rings. The lowest BCUT2D eigenvalue weighted by atomic mass is 9.75. The molecule has 0 aromatic heterocycles. The Morgan fingerprint density at radius 1 is 1.23 bits per heavy atom. The second kappa shape index (κ2) is 8.35. The molecule has 3 aliphatic rings. The van der Waals surface area contributed by atoms with Crippen LogP contribution in [-0.4, -0.2) is 79.0 Å². The van der Waals surface area contributed by atoms with Gasteiger partial charge in [0.15, 0.2) is 0 Å². The van der Waals surface area contributed by atoms with Crippen LogP contribution in [0, 0.1) is 5.92 Å². The molecule has 4 amide bonds. The number of carbonyl (C=O) groups excluding carboxylic acids is 3. The highest BCUT2D eigenvalue weighted by Crippen LogP contribution is 2.37. The Morgan fingerprint density at radius 3 is 2.58 bits per heavy atom. The fraction of sp³-hybridized carbons (Fsp3) is 0.833. The van der Waals surface area contributed by atoms with E-state index >= 15 is 0 Å². The average Bonchev–Trinajstić information content (AvgIpc) is 2.87. The number of carbonyl (C=O) groups is 3. The summed E-state index contributed by atoms with van der Waals surface area (Å²) in [6.45, 7) is 7.19. The molecule has 8 heteroatoms. The van der Waals surface area contributed by atoms with Crippen LogP contribution in [0.2, 0.25) is 0 Å². The normalized spacial score (nSPS) is 29.9. The van der Waals surface area contributed by atoms with E-state index in [2.05, 4.69) is 27.8 Å². The lowest BCUT2D eigenvalue weighted by Crippen LogP contribution is -2.50. The molecule has 0 aromatic carbocycles. The molecule has 0 unspecified atom stereocenters. The van der Waals surface area contributed by atoms with Gasteiger partial charge in [0.2, 0.25) is 5.91 Å². The van der Waals surface area contributed by atoms with Gasteiger partial charge in [0, 0.05) is 39.3 Å². The molecule has 2 saturated heterocycles. The summed E-state index contributed by atoms with van der Waals surface area (Å²) in [5, 5.41) is 8.99. The zero-order valence-electron chi connectivity index (χ0n) is 15.7. The second-order valence-corrected chi connectivity index (χ2v) is 7.70. The quantitative estimate of drug-likeness (QED) is 0.572. The van der Waals surface area contributed by atoms with Gasteiger partial charge in [-0.15, -0.1) is 0 Å². The minimum absolute atomic E-state index is 0.189. The first-order chi connectivity index (χ1) is 12.5. The number of piperazine rings is 1. The molecule has 3 N–H and O–H groups in total. The molecule has 0 bridgehead atoms. The predicted octanol–water partition coefficient (Wildman–Crippen LogP) is -0.101. The van der Waals surface area contributed by atoms with E-state index in [0.717, 1.165) is 56.9 Å². The molecule has 8 nitrogen and oxygen atoms in total. The van der Waals surface area contributed by atoms with E-state index < -0.39 is 11.6 Å². The van der Waals surface area contributed by atoms with Crippen LogP contribution in [0.3, 0.4) is 0 Å². The summed E-state index contributed by atoms with van der Waals surface area (Å²) in [5.41, 5.74) is -0.774. The highest BCUT2D eigenvalue weighted by Gasteiger charge is 2.52. The molecule has 3 rings (SSSR count). The van der Waals surface area contributed by atoms with Crippen LogP contribution in [0.1, 0.15) is 39.0 Å². The maximum Gasteiger partial charge on any atom is 0.325 e. The number of nitrogens with zero attached hydrogens (tertiary/aromatic N) is 2. The van der Waals surface area contributed by atoms with Crippen molar-refractivity contribution in [2.45, 2.75) is 44.6 Å². The number of imide groups is 1. The van der Waals surface area contributed by atoms with Gasteiger partial charge in [0.25, 0.3) is 5.91 Å². The number of hydrogen-bond acceptors (Lipinski definition) is 5. The minimum Gasteiger partial charge on any atom is -0.353 e. The summed E-state index contributed by atoms with van der Waals surface area (Å²) in [4.78, 5) is 40.6. The molecule has 1 spiro atoms. The van der Waals surface area contributed by atoms with Crippen molar-refractivity contribution >= 4 is 17.8 Å². The molecule has 2 aliphatic heterocycles. The molecular weight excluding hydrogens is 334 g/mol. The van der Waals surface area contributed by atoms with Crippen molar-refractivity contribution in [3.63, 3.8) is 0 Å². The molecule has 3 fully saturated rings. The number of rotatable bonds is 6. The largest absolute Gasteiger partial charge is 0.353 e. The fourth-order valence-electron chi connectivity index (χ4n) is 4.23. The highest BCUT2D eigenvalue weighted by atomic mass is 16.2. The van der Waals surface area contributed by atoms with E-state index in [4.69, 9.17) is 0 Å². The maximum absolute atomic E-state index is 12.8. The van der Waals surface area contributed by atoms with Crippen LogP contribution in [-0.2, 0) is 9.59 Å². The summed E-state index contributed by atoms with van der Waals surface area (Å²) in [6.07, 6.45) is 4.37. The van der Waals surface area contributed by atoms with E-state index in [-0.39, 0.29) is 18.4 Å². The molecule has 1 aliphatic carbocycles. The Balaban J connectivity index is 1.46. The molecule has 1 saturated carbocycles. The summed E-state index contributed by atoms with van der Waals surface area (Å²) >= 11 is 0. The van der Waals surface area contributed by atoms with Crippen molar-refractivity contribution in [3.05, 3.63) is 0 Å². The van der Waals surface area contributed by atoms with Crippen molar-refractivity contribution in [1.29, 1.82) is 0 Å². The third-order valence-electron chi connectivity index (χ3n) is 6.04. The standard InChI is InChI=1S/C18H31N5O3/c1-2-14-3-5-18(6-4-14)16(25)23(17(26)21-18)13-15(24)20-9-12-22-10-7-19-8-11-22/h14,19H,2-13H2,1H3,(H,20,24)(H,21,26). The highest BCUT2D eigenvalue weighted by molar-refractivity contribution is 6.09. The van der Waals surface area contributed by atoms with Gasteiger partial charge < -0.3 is 16.0 Å². The molecule has 146 valence electrons. The van der Waals surface area contributed by atoms with Crippen LogP contribution >= 0.6 is 0 Å². The van der Waals surface area contributed by atoms with E-state index in [1.807, 2.05) is 0 Å². The Hall–Kier alpha value is -1.67. The van der Waals surface area contributed by atoms with Crippen molar-refractivity contribution in [2.24, 2.45) is 5.92 Å². The SMILES string of the molecule is CCC1CCC2(CC1)NC(=O)N(CC(=O)NCCN1CCNCC1)C2=O. The van der Waals surface area contributed by atoms with Gasteiger partial charge >= 0.3 is 6.03 Å². The molecule has 0 radical (unpaired) electrons. The summed E-state index contributed by atoms with van der Waals surface area (Å²) in [6, 6.07) is -0.429. The number of urea groups is 1. The monoisotopic (exact) mass is 365 g/mol. The van der Waals surface area contributed by atoms with Gasteiger partial charge in [0.05, 0.1) is 0 Å². The third kappa shape index (κ3) is 4.17. The topological polar surface area (TPSA) is 93.8 Å². The molecule has 0 atom stereocenters. The summed E-state index contributed by atoms with van der Waals surface area (Å²) < 4.78 is 0. The first-order valence-electron chi connectivity index (χ1n) is 9.88. The zero-order valence-corrected chi connectivity index (χ0v) is 15.7. The van der Waals surface area contributed by atoms with Gasteiger partial charge in [-0.3, -0.25) is 19.4 Å². The summed E-state index contributed by atoms with van der Waals surface area (Å²) in [5.74, 6) is 0.130. The van der Waals surface area contributed by atoms with Gasteiger partial charge in [-0.05, 0) is 31.6 Å². The predicted molar refractivity (Wildman–Crippen MR) is 97.5 cm³/mol. The minimum atomic E-state index is -0.774. The number of nitrogens with one attached hydrogen (secondary N) is 3. The van der Waals surface area contributed by atoms with Crippen molar-refractivity contribution < 1.29 is 14.4 Å². The Bertz CT molecular complexity index is 539. The van der Waals surface area contributed by atoms with Crippen LogP contribution in [0.15, 0.2) is 0 Å². The van der Waals surface area contributed by atoms with Gasteiger partial charge in [-0.25, -0.2) is 4.79 Å². The maximum atomic E-state index is 12.8. The first-order valence-corrected chi connectivity index (χ1v) is 9.88. The van der Waals surface area contributed by atoms with E-state index in [9.17, 15) is 14.4 Å². The number of amides is 4.